The number of nitrogens with one attached hydrogen (secondary N) is 1. The van der Waals surface area contributed by atoms with Crippen molar-refractivity contribution in [1.82, 2.24) is 10.2 Å². The molecule has 0 aliphatic carbocycles. The topological polar surface area (TPSA) is 15.3 Å². The average Bonchev–Trinajstić information content (AvgIpc) is 2.33. The van der Waals surface area contributed by atoms with Gasteiger partial charge in [-0.25, -0.2) is 4.39 Å². The third-order valence-electron chi connectivity index (χ3n) is 3.49. The minimum absolute atomic E-state index is 0.193. The van der Waals surface area contributed by atoms with Crippen LogP contribution in [0.15, 0.2) is 22.7 Å². The maximum atomic E-state index is 13.2. The third-order valence-corrected chi connectivity index (χ3v) is 4.09. The molecule has 1 atom stereocenters. The number of piperazine rings is 1. The van der Waals surface area contributed by atoms with Gasteiger partial charge in [-0.3, -0.25) is 4.90 Å². The summed E-state index contributed by atoms with van der Waals surface area (Å²) < 4.78 is 13.8. The Morgan fingerprint density at radius 3 is 2.95 bits per heavy atom. The highest BCUT2D eigenvalue weighted by Crippen LogP contribution is 2.19. The Labute approximate surface area is 123 Å². The van der Waals surface area contributed by atoms with E-state index in [1.807, 2.05) is 12.1 Å². The quantitative estimate of drug-likeness (QED) is 0.911. The van der Waals surface area contributed by atoms with E-state index in [-0.39, 0.29) is 5.82 Å². The van der Waals surface area contributed by atoms with Crippen molar-refractivity contribution in [2.45, 2.75) is 32.9 Å². The van der Waals surface area contributed by atoms with E-state index in [9.17, 15) is 4.39 Å². The van der Waals surface area contributed by atoms with Crippen LogP contribution in [0.2, 0.25) is 0 Å². The van der Waals surface area contributed by atoms with E-state index in [1.165, 1.54) is 18.1 Å². The van der Waals surface area contributed by atoms with Crippen molar-refractivity contribution in [2.24, 2.45) is 5.92 Å². The first kappa shape index (κ1) is 14.9. The number of rotatable bonds is 4. The van der Waals surface area contributed by atoms with Crippen molar-refractivity contribution in [3.05, 3.63) is 34.1 Å². The van der Waals surface area contributed by atoms with Crippen molar-refractivity contribution >= 4 is 15.9 Å². The molecular weight excluding hydrogens is 307 g/mol. The minimum Gasteiger partial charge on any atom is -0.311 e. The summed E-state index contributed by atoms with van der Waals surface area (Å²) in [6, 6.07) is 5.87. The van der Waals surface area contributed by atoms with Crippen LogP contribution in [0.3, 0.4) is 0 Å². The maximum Gasteiger partial charge on any atom is 0.137 e. The average molecular weight is 329 g/mol. The zero-order valence-corrected chi connectivity index (χ0v) is 13.2. The first-order valence-corrected chi connectivity index (χ1v) is 7.73. The van der Waals surface area contributed by atoms with Gasteiger partial charge in [-0.1, -0.05) is 19.9 Å². The van der Waals surface area contributed by atoms with Gasteiger partial charge < -0.3 is 5.32 Å². The van der Waals surface area contributed by atoms with E-state index >= 15 is 0 Å². The SMILES string of the molecule is CC(C)CC1CN(Cc2ccc(F)c(Br)c2)CCN1. The van der Waals surface area contributed by atoms with Crippen molar-refractivity contribution in [3.63, 3.8) is 0 Å². The van der Waals surface area contributed by atoms with E-state index in [2.05, 4.69) is 40.0 Å². The normalized spacial score (nSPS) is 21.0. The maximum absolute atomic E-state index is 13.2. The summed E-state index contributed by atoms with van der Waals surface area (Å²) in [7, 11) is 0. The number of hydrogen-bond acceptors (Lipinski definition) is 2. The molecule has 0 saturated carbocycles. The molecule has 1 saturated heterocycles. The second-order valence-corrected chi connectivity index (χ2v) is 6.62. The lowest BCUT2D eigenvalue weighted by molar-refractivity contribution is 0.179. The molecule has 106 valence electrons. The van der Waals surface area contributed by atoms with Gasteiger partial charge in [-0.15, -0.1) is 0 Å². The van der Waals surface area contributed by atoms with Gasteiger partial charge in [0.2, 0.25) is 0 Å². The van der Waals surface area contributed by atoms with Crippen molar-refractivity contribution in [2.75, 3.05) is 19.6 Å². The van der Waals surface area contributed by atoms with Crippen molar-refractivity contribution in [3.8, 4) is 0 Å². The highest BCUT2D eigenvalue weighted by Gasteiger charge is 2.20. The van der Waals surface area contributed by atoms with Crippen molar-refractivity contribution < 1.29 is 4.39 Å². The first-order chi connectivity index (χ1) is 9.04. The Morgan fingerprint density at radius 1 is 1.47 bits per heavy atom. The Hall–Kier alpha value is -0.450. The third kappa shape index (κ3) is 4.55. The molecule has 1 fully saturated rings. The molecule has 1 heterocycles. The molecule has 2 rings (SSSR count). The monoisotopic (exact) mass is 328 g/mol. The van der Waals surface area contributed by atoms with Gasteiger partial charge in [0.1, 0.15) is 5.82 Å². The van der Waals surface area contributed by atoms with Crippen LogP contribution in [-0.2, 0) is 6.54 Å². The number of benzene rings is 1. The van der Waals surface area contributed by atoms with Crippen LogP contribution in [-0.4, -0.2) is 30.6 Å². The zero-order chi connectivity index (χ0) is 13.8. The molecule has 2 nitrogen and oxygen atoms in total. The molecule has 0 radical (unpaired) electrons. The fraction of sp³-hybridized carbons (Fsp3) is 0.600. The predicted octanol–water partition coefficient (Wildman–Crippen LogP) is 3.41. The van der Waals surface area contributed by atoms with Crippen LogP contribution < -0.4 is 5.32 Å². The Balaban J connectivity index is 1.92. The molecule has 1 aromatic carbocycles. The summed E-state index contributed by atoms with van der Waals surface area (Å²) in [5, 5.41) is 3.58. The number of halogens is 2. The van der Waals surface area contributed by atoms with Crippen LogP contribution in [0.25, 0.3) is 0 Å². The Morgan fingerprint density at radius 2 is 2.26 bits per heavy atom. The van der Waals surface area contributed by atoms with Gasteiger partial charge in [0.05, 0.1) is 4.47 Å². The van der Waals surface area contributed by atoms with Crippen LogP contribution in [0.5, 0.6) is 0 Å². The van der Waals surface area contributed by atoms with Gasteiger partial charge in [-0.05, 0) is 46.0 Å². The zero-order valence-electron chi connectivity index (χ0n) is 11.6. The smallest absolute Gasteiger partial charge is 0.137 e. The van der Waals surface area contributed by atoms with Crippen molar-refractivity contribution in [1.29, 1.82) is 0 Å². The summed E-state index contributed by atoms with van der Waals surface area (Å²) in [6.45, 7) is 8.60. The lowest BCUT2D eigenvalue weighted by atomic mass is 10.0. The lowest BCUT2D eigenvalue weighted by Crippen LogP contribution is -2.50. The van der Waals surface area contributed by atoms with Crippen LogP contribution in [0.4, 0.5) is 4.39 Å². The Bertz CT molecular complexity index is 423. The van der Waals surface area contributed by atoms with E-state index in [1.54, 1.807) is 0 Å². The second kappa shape index (κ2) is 6.82. The molecular formula is C15H22BrFN2. The fourth-order valence-electron chi connectivity index (χ4n) is 2.66. The largest absolute Gasteiger partial charge is 0.311 e. The van der Waals surface area contributed by atoms with Gasteiger partial charge in [0.25, 0.3) is 0 Å². The molecule has 1 N–H and O–H groups in total. The molecule has 19 heavy (non-hydrogen) atoms. The standard InChI is InChI=1S/C15H22BrFN2/c1-11(2)7-13-10-19(6-5-18-13)9-12-3-4-15(17)14(16)8-12/h3-4,8,11,13,18H,5-7,9-10H2,1-2H3. The first-order valence-electron chi connectivity index (χ1n) is 6.94. The van der Waals surface area contributed by atoms with Crippen LogP contribution in [0.1, 0.15) is 25.8 Å². The Kier molecular flexibility index (Phi) is 5.37. The number of nitrogens with zero attached hydrogens (tertiary/aromatic N) is 1. The molecule has 1 unspecified atom stereocenters. The van der Waals surface area contributed by atoms with E-state index < -0.39 is 0 Å². The summed E-state index contributed by atoms with van der Waals surface area (Å²) >= 11 is 3.25. The number of hydrogen-bond donors (Lipinski definition) is 1. The molecule has 0 spiro atoms. The van der Waals surface area contributed by atoms with Gasteiger partial charge >= 0.3 is 0 Å². The molecule has 1 aromatic rings. The van der Waals surface area contributed by atoms with Gasteiger partial charge in [-0.2, -0.15) is 0 Å². The lowest BCUT2D eigenvalue weighted by Gasteiger charge is -2.34. The molecule has 1 aliphatic heterocycles. The highest BCUT2D eigenvalue weighted by molar-refractivity contribution is 9.10. The van der Waals surface area contributed by atoms with E-state index in [0.29, 0.717) is 10.5 Å². The molecule has 0 amide bonds. The van der Waals surface area contributed by atoms with Crippen LogP contribution in [0, 0.1) is 11.7 Å². The van der Waals surface area contributed by atoms with Gasteiger partial charge in [0.15, 0.2) is 0 Å². The molecule has 0 bridgehead atoms. The summed E-state index contributed by atoms with van der Waals surface area (Å²) in [4.78, 5) is 2.45. The minimum atomic E-state index is -0.193. The molecule has 0 aromatic heterocycles. The van der Waals surface area contributed by atoms with Crippen LogP contribution >= 0.6 is 15.9 Å². The molecule has 4 heteroatoms. The summed E-state index contributed by atoms with van der Waals surface area (Å²) in [6.07, 6.45) is 1.21. The summed E-state index contributed by atoms with van der Waals surface area (Å²) in [5.41, 5.74) is 1.17. The summed E-state index contributed by atoms with van der Waals surface area (Å²) in [5.74, 6) is 0.527. The highest BCUT2D eigenvalue weighted by atomic mass is 79.9. The fourth-order valence-corrected chi connectivity index (χ4v) is 3.09. The molecule has 1 aliphatic rings. The predicted molar refractivity (Wildman–Crippen MR) is 80.6 cm³/mol. The van der Waals surface area contributed by atoms with Gasteiger partial charge in [0, 0.05) is 32.2 Å². The van der Waals surface area contributed by atoms with E-state index in [0.717, 1.165) is 32.1 Å². The van der Waals surface area contributed by atoms with E-state index in [4.69, 9.17) is 0 Å². The second-order valence-electron chi connectivity index (χ2n) is 5.76.